The minimum Gasteiger partial charge on any atom is -0.497 e. The molecule has 0 aromatic heterocycles. The maximum absolute atomic E-state index is 12.6. The molecule has 138 valence electrons. The van der Waals surface area contributed by atoms with Gasteiger partial charge in [-0.15, -0.1) is 0 Å². The van der Waals surface area contributed by atoms with Crippen LogP contribution in [0, 0.1) is 11.8 Å². The maximum atomic E-state index is 12.6. The summed E-state index contributed by atoms with van der Waals surface area (Å²) in [4.78, 5) is 28.2. The number of piperazine rings is 1. The van der Waals surface area contributed by atoms with Crippen LogP contribution in [0.2, 0.25) is 5.02 Å². The zero-order chi connectivity index (χ0) is 19.2. The molecule has 1 heterocycles. The fraction of sp³-hybridized carbons (Fsp3) is 0.238. The first-order valence-electron chi connectivity index (χ1n) is 8.56. The molecule has 1 aliphatic heterocycles. The van der Waals surface area contributed by atoms with Crippen LogP contribution in [0.15, 0.2) is 48.5 Å². The Labute approximate surface area is 163 Å². The highest BCUT2D eigenvalue weighted by molar-refractivity contribution is 6.30. The fourth-order valence-electron chi connectivity index (χ4n) is 2.77. The van der Waals surface area contributed by atoms with E-state index in [9.17, 15) is 9.59 Å². The molecule has 1 saturated heterocycles. The topological polar surface area (TPSA) is 49.9 Å². The SMILES string of the molecule is COc1ccc(C(=O)N2CCN(C(=O)C#Cc3ccc(Cl)cc3)CC2)cc1. The molecule has 3 rings (SSSR count). The van der Waals surface area contributed by atoms with Crippen molar-refractivity contribution >= 4 is 23.4 Å². The van der Waals surface area contributed by atoms with Crippen LogP contribution >= 0.6 is 11.6 Å². The van der Waals surface area contributed by atoms with Gasteiger partial charge in [-0.25, -0.2) is 0 Å². The maximum Gasteiger partial charge on any atom is 0.298 e. The van der Waals surface area contributed by atoms with Gasteiger partial charge in [0.25, 0.3) is 11.8 Å². The third-order valence-corrected chi connectivity index (χ3v) is 4.60. The Morgan fingerprint density at radius 1 is 0.926 bits per heavy atom. The molecule has 2 amide bonds. The predicted octanol–water partition coefficient (Wildman–Crippen LogP) is 2.68. The second-order valence-electron chi connectivity index (χ2n) is 6.07. The summed E-state index contributed by atoms with van der Waals surface area (Å²) in [5.41, 5.74) is 1.35. The smallest absolute Gasteiger partial charge is 0.298 e. The molecule has 0 saturated carbocycles. The summed E-state index contributed by atoms with van der Waals surface area (Å²) in [6, 6.07) is 14.0. The van der Waals surface area contributed by atoms with E-state index in [-0.39, 0.29) is 11.8 Å². The zero-order valence-electron chi connectivity index (χ0n) is 14.9. The van der Waals surface area contributed by atoms with Gasteiger partial charge in [0.15, 0.2) is 0 Å². The van der Waals surface area contributed by atoms with Gasteiger partial charge in [0.05, 0.1) is 7.11 Å². The second-order valence-corrected chi connectivity index (χ2v) is 6.51. The van der Waals surface area contributed by atoms with Crippen LogP contribution in [0.4, 0.5) is 0 Å². The van der Waals surface area contributed by atoms with E-state index in [1.54, 1.807) is 65.4 Å². The average molecular weight is 383 g/mol. The number of rotatable bonds is 2. The monoisotopic (exact) mass is 382 g/mol. The van der Waals surface area contributed by atoms with Gasteiger partial charge in [-0.3, -0.25) is 9.59 Å². The number of methoxy groups -OCH3 is 1. The van der Waals surface area contributed by atoms with Crippen molar-refractivity contribution in [3.63, 3.8) is 0 Å². The minimum absolute atomic E-state index is 0.0444. The Kier molecular flexibility index (Phi) is 6.00. The van der Waals surface area contributed by atoms with E-state index in [4.69, 9.17) is 16.3 Å². The number of hydrogen-bond donors (Lipinski definition) is 0. The molecule has 0 aliphatic carbocycles. The van der Waals surface area contributed by atoms with Crippen LogP contribution in [-0.4, -0.2) is 54.9 Å². The quantitative estimate of drug-likeness (QED) is 0.750. The van der Waals surface area contributed by atoms with Crippen molar-refractivity contribution in [3.8, 4) is 17.6 Å². The molecule has 0 radical (unpaired) electrons. The number of nitrogens with zero attached hydrogens (tertiary/aromatic N) is 2. The van der Waals surface area contributed by atoms with Crippen molar-refractivity contribution in [2.75, 3.05) is 33.3 Å². The van der Waals surface area contributed by atoms with Gasteiger partial charge in [-0.2, -0.15) is 0 Å². The molecular weight excluding hydrogens is 364 g/mol. The number of ether oxygens (including phenoxy) is 1. The van der Waals surface area contributed by atoms with Crippen molar-refractivity contribution in [1.82, 2.24) is 9.80 Å². The molecule has 0 unspecified atom stereocenters. The van der Waals surface area contributed by atoms with Gasteiger partial charge in [0.2, 0.25) is 0 Å². The Morgan fingerprint density at radius 3 is 2.11 bits per heavy atom. The number of amides is 2. The molecule has 1 aliphatic rings. The molecule has 6 heteroatoms. The molecule has 0 bridgehead atoms. The third-order valence-electron chi connectivity index (χ3n) is 4.35. The molecule has 0 atom stereocenters. The summed E-state index contributed by atoms with van der Waals surface area (Å²) in [7, 11) is 1.59. The minimum atomic E-state index is -0.235. The van der Waals surface area contributed by atoms with E-state index < -0.39 is 0 Å². The highest BCUT2D eigenvalue weighted by atomic mass is 35.5. The van der Waals surface area contributed by atoms with Crippen LogP contribution < -0.4 is 4.74 Å². The lowest BCUT2D eigenvalue weighted by atomic mass is 10.1. The molecule has 27 heavy (non-hydrogen) atoms. The summed E-state index contributed by atoms with van der Waals surface area (Å²) in [6.07, 6.45) is 0. The lowest BCUT2D eigenvalue weighted by Gasteiger charge is -2.33. The number of carbonyl (C=O) groups excluding carboxylic acids is 2. The summed E-state index contributed by atoms with van der Waals surface area (Å²) in [5.74, 6) is 5.93. The van der Waals surface area contributed by atoms with Gasteiger partial charge < -0.3 is 14.5 Å². The Bertz CT molecular complexity index is 874. The lowest BCUT2D eigenvalue weighted by molar-refractivity contribution is -0.126. The van der Waals surface area contributed by atoms with Crippen molar-refractivity contribution in [2.45, 2.75) is 0 Å². The van der Waals surface area contributed by atoms with Crippen molar-refractivity contribution < 1.29 is 14.3 Å². The summed E-state index contributed by atoms with van der Waals surface area (Å²) >= 11 is 5.83. The molecule has 0 N–H and O–H groups in total. The Balaban J connectivity index is 1.55. The van der Waals surface area contributed by atoms with Gasteiger partial charge in [0, 0.05) is 48.2 Å². The van der Waals surface area contributed by atoms with E-state index in [1.807, 2.05) is 0 Å². The first kappa shape index (κ1) is 18.8. The van der Waals surface area contributed by atoms with Crippen molar-refractivity contribution in [2.24, 2.45) is 0 Å². The molecule has 2 aromatic carbocycles. The largest absolute Gasteiger partial charge is 0.497 e. The molecule has 0 spiro atoms. The van der Waals surface area contributed by atoms with Gasteiger partial charge in [0.1, 0.15) is 5.75 Å². The Hall–Kier alpha value is -2.97. The lowest BCUT2D eigenvalue weighted by Crippen LogP contribution is -2.50. The predicted molar refractivity (Wildman–Crippen MR) is 104 cm³/mol. The van der Waals surface area contributed by atoms with E-state index in [1.165, 1.54) is 0 Å². The summed E-state index contributed by atoms with van der Waals surface area (Å²) < 4.78 is 5.11. The highest BCUT2D eigenvalue weighted by Gasteiger charge is 2.24. The fourth-order valence-corrected chi connectivity index (χ4v) is 2.89. The van der Waals surface area contributed by atoms with Crippen LogP contribution in [0.5, 0.6) is 5.75 Å². The van der Waals surface area contributed by atoms with E-state index in [0.29, 0.717) is 42.5 Å². The highest BCUT2D eigenvalue weighted by Crippen LogP contribution is 2.14. The van der Waals surface area contributed by atoms with Crippen LogP contribution in [-0.2, 0) is 4.79 Å². The molecular formula is C21H19ClN2O3. The molecule has 5 nitrogen and oxygen atoms in total. The number of hydrogen-bond acceptors (Lipinski definition) is 3. The average Bonchev–Trinajstić information content (AvgIpc) is 2.73. The molecule has 2 aromatic rings. The van der Waals surface area contributed by atoms with Gasteiger partial charge in [-0.05, 0) is 48.5 Å². The first-order valence-corrected chi connectivity index (χ1v) is 8.94. The number of carbonyl (C=O) groups is 2. The number of benzene rings is 2. The van der Waals surface area contributed by atoms with Crippen LogP contribution in [0.1, 0.15) is 15.9 Å². The van der Waals surface area contributed by atoms with Gasteiger partial charge in [-0.1, -0.05) is 17.5 Å². The van der Waals surface area contributed by atoms with Crippen LogP contribution in [0.25, 0.3) is 0 Å². The van der Waals surface area contributed by atoms with Gasteiger partial charge >= 0.3 is 0 Å². The zero-order valence-corrected chi connectivity index (χ0v) is 15.7. The standard InChI is InChI=1S/C21H19ClN2O3/c1-27-19-9-5-17(6-10-19)21(26)24-14-12-23(13-15-24)20(25)11-4-16-2-7-18(22)8-3-16/h2-3,5-10H,12-15H2,1H3. The summed E-state index contributed by atoms with van der Waals surface area (Å²) in [5, 5.41) is 0.629. The van der Waals surface area contributed by atoms with Crippen molar-refractivity contribution in [1.29, 1.82) is 0 Å². The van der Waals surface area contributed by atoms with Crippen LogP contribution in [0.3, 0.4) is 0 Å². The van der Waals surface area contributed by atoms with E-state index in [2.05, 4.69) is 11.8 Å². The van der Waals surface area contributed by atoms with E-state index in [0.717, 1.165) is 5.56 Å². The molecule has 1 fully saturated rings. The summed E-state index contributed by atoms with van der Waals surface area (Å²) in [6.45, 7) is 1.91. The second kappa shape index (κ2) is 8.61. The first-order chi connectivity index (χ1) is 13.1. The normalized spacial score (nSPS) is 13.6. The third kappa shape index (κ3) is 4.81. The number of halogens is 1. The Morgan fingerprint density at radius 2 is 1.52 bits per heavy atom. The van der Waals surface area contributed by atoms with E-state index >= 15 is 0 Å². The van der Waals surface area contributed by atoms with Crippen molar-refractivity contribution in [3.05, 3.63) is 64.7 Å².